The highest BCUT2D eigenvalue weighted by molar-refractivity contribution is 7.92. The first-order chi connectivity index (χ1) is 15.9. The molecule has 2 aromatic carbocycles. The molecule has 0 spiro atoms. The van der Waals surface area contributed by atoms with Crippen LogP contribution in [0.15, 0.2) is 53.4 Å². The number of nitrogens with one attached hydrogen (secondary N) is 2. The van der Waals surface area contributed by atoms with Gasteiger partial charge in [0.2, 0.25) is 5.91 Å². The minimum absolute atomic E-state index is 0.135. The largest absolute Gasteiger partial charge is 0.487 e. The number of anilines is 1. The fraction of sp³-hybridized carbons (Fsp3) is 0.435. The Morgan fingerprint density at radius 2 is 2.00 bits per heavy atom. The lowest BCUT2D eigenvalue weighted by Crippen LogP contribution is -2.47. The summed E-state index contributed by atoms with van der Waals surface area (Å²) in [6, 6.07) is 13.3. The van der Waals surface area contributed by atoms with Crippen LogP contribution < -0.4 is 14.8 Å². The van der Waals surface area contributed by atoms with E-state index < -0.39 is 28.3 Å². The molecule has 9 nitrogen and oxygen atoms in total. The molecular formula is C23H28N2O7S. The minimum atomic E-state index is -3.73. The molecule has 1 amide bonds. The molecule has 33 heavy (non-hydrogen) atoms. The highest BCUT2D eigenvalue weighted by Crippen LogP contribution is 2.47. The van der Waals surface area contributed by atoms with Crippen LogP contribution in [-0.2, 0) is 24.3 Å². The molecule has 0 aliphatic carbocycles. The zero-order chi connectivity index (χ0) is 23.4. The van der Waals surface area contributed by atoms with Crippen molar-refractivity contribution < 1.29 is 32.5 Å². The number of benzene rings is 2. The predicted octanol–water partition coefficient (Wildman–Crippen LogP) is 1.63. The number of hydrogen-bond acceptors (Lipinski definition) is 7. The molecule has 2 heterocycles. The van der Waals surface area contributed by atoms with E-state index in [0.717, 1.165) is 5.56 Å². The number of methoxy groups -OCH3 is 1. The third kappa shape index (κ3) is 5.30. The Labute approximate surface area is 193 Å². The third-order valence-corrected chi connectivity index (χ3v) is 7.24. The van der Waals surface area contributed by atoms with Crippen LogP contribution in [-0.4, -0.2) is 64.6 Å². The van der Waals surface area contributed by atoms with Gasteiger partial charge in [0.1, 0.15) is 18.0 Å². The number of carbonyl (C=O) groups excluding carboxylic acids is 1. The molecule has 0 saturated carbocycles. The monoisotopic (exact) mass is 476 g/mol. The molecule has 2 aliphatic heterocycles. The van der Waals surface area contributed by atoms with Gasteiger partial charge in [0.25, 0.3) is 10.0 Å². The number of rotatable bonds is 9. The highest BCUT2D eigenvalue weighted by atomic mass is 32.2. The van der Waals surface area contributed by atoms with Crippen LogP contribution in [0.2, 0.25) is 0 Å². The van der Waals surface area contributed by atoms with Crippen molar-refractivity contribution in [2.45, 2.75) is 42.0 Å². The van der Waals surface area contributed by atoms with Gasteiger partial charge in [0.15, 0.2) is 0 Å². The van der Waals surface area contributed by atoms with Crippen molar-refractivity contribution in [2.75, 3.05) is 31.6 Å². The molecule has 178 valence electrons. The Bertz CT molecular complexity index is 1080. The molecular weight excluding hydrogens is 448 g/mol. The lowest BCUT2D eigenvalue weighted by molar-refractivity contribution is -0.142. The molecule has 3 N–H and O–H groups in total. The van der Waals surface area contributed by atoms with Gasteiger partial charge in [0, 0.05) is 30.8 Å². The van der Waals surface area contributed by atoms with E-state index in [2.05, 4.69) is 10.0 Å². The summed E-state index contributed by atoms with van der Waals surface area (Å²) in [5.41, 5.74) is 1.25. The first-order valence-electron chi connectivity index (χ1n) is 10.8. The molecule has 1 saturated heterocycles. The summed E-state index contributed by atoms with van der Waals surface area (Å²) >= 11 is 0. The quantitative estimate of drug-likeness (QED) is 0.470. The summed E-state index contributed by atoms with van der Waals surface area (Å²) in [6.45, 7) is 0.586. The summed E-state index contributed by atoms with van der Waals surface area (Å²) in [4.78, 5) is 12.4. The van der Waals surface area contributed by atoms with Crippen LogP contribution in [0.1, 0.15) is 24.3 Å². The molecule has 4 atom stereocenters. The Balaban J connectivity index is 1.51. The van der Waals surface area contributed by atoms with Gasteiger partial charge in [0.05, 0.1) is 30.6 Å². The zero-order valence-corrected chi connectivity index (χ0v) is 19.1. The van der Waals surface area contributed by atoms with Crippen molar-refractivity contribution in [3.63, 3.8) is 0 Å². The molecule has 4 rings (SSSR count). The van der Waals surface area contributed by atoms with Crippen LogP contribution in [0.25, 0.3) is 0 Å². The maximum atomic E-state index is 12.7. The van der Waals surface area contributed by atoms with Crippen molar-refractivity contribution in [3.05, 3.63) is 54.1 Å². The number of ether oxygens (including phenoxy) is 3. The lowest BCUT2D eigenvalue weighted by Gasteiger charge is -2.37. The van der Waals surface area contributed by atoms with Gasteiger partial charge in [-0.15, -0.1) is 0 Å². The topological polar surface area (TPSA) is 123 Å². The van der Waals surface area contributed by atoms with E-state index in [4.69, 9.17) is 14.2 Å². The first kappa shape index (κ1) is 23.5. The second-order valence-corrected chi connectivity index (χ2v) is 9.80. The van der Waals surface area contributed by atoms with Crippen LogP contribution in [0, 0.1) is 0 Å². The smallest absolute Gasteiger partial charge is 0.261 e. The predicted molar refractivity (Wildman–Crippen MR) is 121 cm³/mol. The molecule has 0 bridgehead atoms. The van der Waals surface area contributed by atoms with Crippen LogP contribution in [0.4, 0.5) is 5.69 Å². The zero-order valence-electron chi connectivity index (χ0n) is 18.3. The summed E-state index contributed by atoms with van der Waals surface area (Å²) in [6.07, 6.45) is -0.721. The standard InChI is InChI=1S/C23H28N2O7S/c1-30-10-9-24-22(27)13-16-12-19-18-11-15(25-33(28,29)17-5-3-2-4-6-17)7-8-20(18)32-23(19)21(14-26)31-16/h2-8,11,16,19,21,23,25-26H,9-10,12-14H2,1H3,(H,24,27)/t16-,19-,21+,23+/m0/s1. The van der Waals surface area contributed by atoms with Gasteiger partial charge in [-0.25, -0.2) is 8.42 Å². The molecule has 0 aromatic heterocycles. The minimum Gasteiger partial charge on any atom is -0.487 e. The van der Waals surface area contributed by atoms with E-state index in [-0.39, 0.29) is 29.7 Å². The molecule has 2 aromatic rings. The Kier molecular flexibility index (Phi) is 7.18. The van der Waals surface area contributed by atoms with E-state index in [0.29, 0.717) is 31.0 Å². The Morgan fingerprint density at radius 3 is 2.73 bits per heavy atom. The number of sulfonamides is 1. The Hall–Kier alpha value is -2.66. The highest BCUT2D eigenvalue weighted by Gasteiger charge is 2.46. The van der Waals surface area contributed by atoms with Gasteiger partial charge in [-0.3, -0.25) is 9.52 Å². The maximum absolute atomic E-state index is 12.7. The van der Waals surface area contributed by atoms with Crippen molar-refractivity contribution in [1.82, 2.24) is 5.32 Å². The summed E-state index contributed by atoms with van der Waals surface area (Å²) in [7, 11) is -2.17. The van der Waals surface area contributed by atoms with E-state index >= 15 is 0 Å². The third-order valence-electron chi connectivity index (χ3n) is 5.85. The number of aliphatic hydroxyl groups excluding tert-OH is 1. The van der Waals surface area contributed by atoms with Crippen molar-refractivity contribution in [3.8, 4) is 5.75 Å². The average Bonchev–Trinajstić information content (AvgIpc) is 3.17. The van der Waals surface area contributed by atoms with Crippen molar-refractivity contribution in [2.24, 2.45) is 0 Å². The van der Waals surface area contributed by atoms with Gasteiger partial charge in [-0.05, 0) is 36.8 Å². The van der Waals surface area contributed by atoms with Crippen molar-refractivity contribution in [1.29, 1.82) is 0 Å². The van der Waals surface area contributed by atoms with Gasteiger partial charge in [-0.2, -0.15) is 0 Å². The van der Waals surface area contributed by atoms with Gasteiger partial charge >= 0.3 is 0 Å². The number of aliphatic hydroxyl groups is 1. The molecule has 10 heteroatoms. The normalized spacial score (nSPS) is 23.8. The van der Waals surface area contributed by atoms with Gasteiger partial charge in [-0.1, -0.05) is 18.2 Å². The lowest BCUT2D eigenvalue weighted by atomic mass is 9.84. The van der Waals surface area contributed by atoms with Crippen LogP contribution >= 0.6 is 0 Å². The second kappa shape index (κ2) is 10.1. The molecule has 2 aliphatic rings. The molecule has 0 radical (unpaired) electrons. The summed E-state index contributed by atoms with van der Waals surface area (Å²) in [5.74, 6) is 0.333. The molecule has 1 fully saturated rings. The summed E-state index contributed by atoms with van der Waals surface area (Å²) in [5, 5.41) is 12.6. The second-order valence-electron chi connectivity index (χ2n) is 8.12. The maximum Gasteiger partial charge on any atom is 0.261 e. The van der Waals surface area contributed by atoms with E-state index in [1.165, 1.54) is 12.1 Å². The van der Waals surface area contributed by atoms with E-state index in [9.17, 15) is 18.3 Å². The van der Waals surface area contributed by atoms with E-state index in [1.807, 2.05) is 0 Å². The average molecular weight is 477 g/mol. The van der Waals surface area contributed by atoms with Crippen molar-refractivity contribution >= 4 is 21.6 Å². The van der Waals surface area contributed by atoms with E-state index in [1.54, 1.807) is 43.5 Å². The van der Waals surface area contributed by atoms with Gasteiger partial charge < -0.3 is 24.6 Å². The fourth-order valence-corrected chi connectivity index (χ4v) is 5.41. The number of amides is 1. The van der Waals surface area contributed by atoms with Crippen LogP contribution in [0.3, 0.4) is 0 Å². The van der Waals surface area contributed by atoms with Crippen LogP contribution in [0.5, 0.6) is 5.75 Å². The fourth-order valence-electron chi connectivity index (χ4n) is 4.34. The first-order valence-corrected chi connectivity index (χ1v) is 12.3. The number of carbonyl (C=O) groups is 1. The number of hydrogen-bond donors (Lipinski definition) is 3. The number of fused-ring (bicyclic) bond motifs is 3. The Morgan fingerprint density at radius 1 is 1.21 bits per heavy atom. The SMILES string of the molecule is COCCNC(=O)C[C@@H]1C[C@H]2c3cc(NS(=O)(=O)c4ccccc4)ccc3O[C@H]2[C@@H](CO)O1. The summed E-state index contributed by atoms with van der Waals surface area (Å²) < 4.78 is 45.0. The molecule has 0 unspecified atom stereocenters.